The van der Waals surface area contributed by atoms with Gasteiger partial charge in [-0.15, -0.1) is 10.2 Å². The van der Waals surface area contributed by atoms with Gasteiger partial charge in [0.15, 0.2) is 0 Å². The molecule has 0 bridgehead atoms. The van der Waals surface area contributed by atoms with Gasteiger partial charge in [-0.05, 0) is 18.2 Å². The van der Waals surface area contributed by atoms with Gasteiger partial charge in [-0.25, -0.2) is 5.43 Å². The predicted octanol–water partition coefficient (Wildman–Crippen LogP) is -1.55. The van der Waals surface area contributed by atoms with Crippen LogP contribution < -0.4 is 10.9 Å². The zero-order valence-electron chi connectivity index (χ0n) is 10.3. The third-order valence-electron chi connectivity index (χ3n) is 2.37. The average Bonchev–Trinajstić information content (AvgIpc) is 2.26. The van der Waals surface area contributed by atoms with E-state index in [2.05, 4.69) is 10.9 Å². The molecule has 0 saturated carbocycles. The fourth-order valence-corrected chi connectivity index (χ4v) is 1.48. The van der Waals surface area contributed by atoms with Crippen molar-refractivity contribution in [1.29, 1.82) is 0 Å². The van der Waals surface area contributed by atoms with Gasteiger partial charge in [-0.1, -0.05) is 18.2 Å². The van der Waals surface area contributed by atoms with Gasteiger partial charge in [0.1, 0.15) is 0 Å². The Hall–Kier alpha value is -0.960. The molecule has 1 amide bonds. The van der Waals surface area contributed by atoms with E-state index in [1.165, 1.54) is 0 Å². The Kier molecular flexibility index (Phi) is 5.08. The van der Waals surface area contributed by atoms with E-state index in [0.717, 1.165) is 0 Å². The van der Waals surface area contributed by atoms with E-state index in [1.54, 1.807) is 30.3 Å². The van der Waals surface area contributed by atoms with Crippen molar-refractivity contribution in [2.75, 3.05) is 0 Å². The minimum absolute atomic E-state index is 0.419. The number of carbonyl (C=O) groups excluding carboxylic acids is 1. The van der Waals surface area contributed by atoms with Crippen LogP contribution in [0.3, 0.4) is 0 Å². The first-order valence-corrected chi connectivity index (χ1v) is 5.46. The summed E-state index contributed by atoms with van der Waals surface area (Å²) in [4.78, 5) is 11.8. The smallest absolute Gasteiger partial charge is 0.265 e. The van der Waals surface area contributed by atoms with E-state index in [1.807, 2.05) is 0 Å². The summed E-state index contributed by atoms with van der Waals surface area (Å²) >= 11 is 0. The summed E-state index contributed by atoms with van der Waals surface area (Å²) in [5, 5.41) is -3.63. The maximum atomic E-state index is 11.8. The summed E-state index contributed by atoms with van der Waals surface area (Å²) in [6.07, 6.45) is 0. The van der Waals surface area contributed by atoms with E-state index in [-0.39, 0.29) is 0 Å². The van der Waals surface area contributed by atoms with Gasteiger partial charge in [0.05, 0.1) is 47.1 Å². The fourth-order valence-electron chi connectivity index (χ4n) is 1.48. The second kappa shape index (κ2) is 6.00. The minimum Gasteiger partial charge on any atom is -0.287 e. The highest BCUT2D eigenvalue weighted by Gasteiger charge is 2.32. The van der Waals surface area contributed by atoms with Crippen LogP contribution in [0.4, 0.5) is 0 Å². The average molecular weight is 237 g/mol. The van der Waals surface area contributed by atoms with Gasteiger partial charge in [-0.3, -0.25) is 10.2 Å². The molecule has 0 aromatic heterocycles. The summed E-state index contributed by atoms with van der Waals surface area (Å²) in [6, 6.07) is 7.28. The SMILES string of the molecule is [B]C([B])([B])C(NNC(=O)c1ccccc1)C([B])([B])[B]. The number of carbonyl (C=O) groups is 1. The molecular formula is C10H8B6N2O. The van der Waals surface area contributed by atoms with Gasteiger partial charge in [0.2, 0.25) is 0 Å². The summed E-state index contributed by atoms with van der Waals surface area (Å²) in [5.74, 6) is -0.431. The van der Waals surface area contributed by atoms with E-state index in [9.17, 15) is 4.79 Å². The molecule has 19 heavy (non-hydrogen) atoms. The maximum absolute atomic E-state index is 11.8. The number of hydrogen-bond acceptors (Lipinski definition) is 2. The van der Waals surface area contributed by atoms with Crippen LogP contribution in [0, 0.1) is 0 Å². The van der Waals surface area contributed by atoms with Crippen LogP contribution in [-0.4, -0.2) is 59.0 Å². The van der Waals surface area contributed by atoms with Crippen LogP contribution in [-0.2, 0) is 0 Å². The molecule has 0 saturated heterocycles. The standard InChI is InChI=1S/C10H8B6N2O/c11-9(12,13)8(10(14,15)16)18-17-7(19)6-4-2-1-3-5-6/h1-5,8,18H,(H,17,19). The maximum Gasteiger partial charge on any atom is 0.265 e. The fraction of sp³-hybridized carbons (Fsp3) is 0.300. The van der Waals surface area contributed by atoms with E-state index in [4.69, 9.17) is 47.1 Å². The lowest BCUT2D eigenvalue weighted by Gasteiger charge is -2.43. The van der Waals surface area contributed by atoms with Crippen molar-refractivity contribution < 1.29 is 4.79 Å². The van der Waals surface area contributed by atoms with Crippen molar-refractivity contribution in [3.05, 3.63) is 35.9 Å². The van der Waals surface area contributed by atoms with Crippen molar-refractivity contribution in [3.8, 4) is 0 Å². The van der Waals surface area contributed by atoms with Crippen molar-refractivity contribution in [2.45, 2.75) is 16.3 Å². The summed E-state index contributed by atoms with van der Waals surface area (Å²) in [7, 11) is 33.0. The van der Waals surface area contributed by atoms with Crippen molar-refractivity contribution in [1.82, 2.24) is 10.9 Å². The zero-order chi connectivity index (χ0) is 14.7. The number of hydrazine groups is 1. The van der Waals surface area contributed by atoms with E-state index >= 15 is 0 Å². The van der Waals surface area contributed by atoms with Crippen molar-refractivity contribution in [2.24, 2.45) is 0 Å². The molecular weight excluding hydrogens is 229 g/mol. The van der Waals surface area contributed by atoms with E-state index in [0.29, 0.717) is 5.56 Å². The third-order valence-corrected chi connectivity index (χ3v) is 2.37. The highest BCUT2D eigenvalue weighted by atomic mass is 16.2. The molecule has 0 aliphatic carbocycles. The van der Waals surface area contributed by atoms with Crippen molar-refractivity contribution >= 4 is 53.0 Å². The number of amides is 1. The number of hydrogen-bond donors (Lipinski definition) is 2. The molecule has 3 nitrogen and oxygen atoms in total. The Bertz CT molecular complexity index is 414. The molecule has 0 aliphatic rings. The van der Waals surface area contributed by atoms with Gasteiger partial charge in [-0.2, -0.15) is 0 Å². The normalized spacial score (nSPS) is 12.3. The highest BCUT2D eigenvalue weighted by molar-refractivity contribution is 6.64. The second-order valence-corrected chi connectivity index (χ2v) is 4.40. The Morgan fingerprint density at radius 3 is 1.84 bits per heavy atom. The second-order valence-electron chi connectivity index (χ2n) is 4.40. The summed E-state index contributed by atoms with van der Waals surface area (Å²) in [5.41, 5.74) is 5.21. The third kappa shape index (κ3) is 4.90. The van der Waals surface area contributed by atoms with E-state index < -0.39 is 22.2 Å². The largest absolute Gasteiger partial charge is 0.287 e. The summed E-state index contributed by atoms with van der Waals surface area (Å²) in [6.45, 7) is 0. The molecule has 1 aromatic rings. The van der Waals surface area contributed by atoms with Crippen LogP contribution in [0.15, 0.2) is 30.3 Å². The topological polar surface area (TPSA) is 41.1 Å². The molecule has 1 rings (SSSR count). The first-order chi connectivity index (χ1) is 8.62. The first-order valence-electron chi connectivity index (χ1n) is 5.46. The highest BCUT2D eigenvalue weighted by Crippen LogP contribution is 2.29. The van der Waals surface area contributed by atoms with Gasteiger partial charge in [0.25, 0.3) is 5.91 Å². The number of nitrogens with one attached hydrogen (secondary N) is 2. The van der Waals surface area contributed by atoms with Crippen LogP contribution in [0.2, 0.25) is 10.2 Å². The Morgan fingerprint density at radius 2 is 1.42 bits per heavy atom. The quantitative estimate of drug-likeness (QED) is 0.480. The Balaban J connectivity index is 2.71. The molecule has 0 atom stereocenters. The monoisotopic (exact) mass is 238 g/mol. The van der Waals surface area contributed by atoms with Gasteiger partial charge >= 0.3 is 0 Å². The first kappa shape index (κ1) is 16.1. The molecule has 9 heteroatoms. The lowest BCUT2D eigenvalue weighted by molar-refractivity contribution is 0.0925. The lowest BCUT2D eigenvalue weighted by atomic mass is 9.27. The molecule has 12 radical (unpaired) electrons. The van der Waals surface area contributed by atoms with Crippen LogP contribution >= 0.6 is 0 Å². The van der Waals surface area contributed by atoms with Gasteiger partial charge in [0, 0.05) is 5.56 Å². The Labute approximate surface area is 121 Å². The minimum atomic E-state index is -1.82. The molecule has 0 spiro atoms. The van der Waals surface area contributed by atoms with Gasteiger partial charge < -0.3 is 0 Å². The Morgan fingerprint density at radius 1 is 0.947 bits per heavy atom. The number of benzene rings is 1. The molecule has 1 aromatic carbocycles. The molecule has 0 heterocycles. The van der Waals surface area contributed by atoms with Crippen molar-refractivity contribution in [3.63, 3.8) is 0 Å². The molecule has 2 N–H and O–H groups in total. The van der Waals surface area contributed by atoms with Crippen LogP contribution in [0.5, 0.6) is 0 Å². The number of rotatable bonds is 5. The molecule has 0 aliphatic heterocycles. The summed E-state index contributed by atoms with van der Waals surface area (Å²) < 4.78 is 0. The van der Waals surface area contributed by atoms with Crippen LogP contribution in [0.1, 0.15) is 10.4 Å². The molecule has 0 unspecified atom stereocenters. The zero-order valence-corrected chi connectivity index (χ0v) is 10.3. The molecule has 82 valence electrons. The van der Waals surface area contributed by atoms with Crippen LogP contribution in [0.25, 0.3) is 0 Å². The molecule has 0 fully saturated rings. The predicted molar refractivity (Wildman–Crippen MR) is 80.7 cm³/mol. The lowest BCUT2D eigenvalue weighted by Crippen LogP contribution is -2.57.